The molecule has 0 nitrogen and oxygen atoms in total. The van der Waals surface area contributed by atoms with Crippen molar-refractivity contribution in [1.82, 2.24) is 0 Å². The second-order valence-electron chi connectivity index (χ2n) is 8.71. The Morgan fingerprint density at radius 3 is 1.16 bits per heavy atom. The van der Waals surface area contributed by atoms with Crippen molar-refractivity contribution >= 4 is 0 Å². The number of hydrogen-bond acceptors (Lipinski definition) is 0. The first-order valence-electron chi connectivity index (χ1n) is 8.28. The van der Waals surface area contributed by atoms with Crippen molar-refractivity contribution in [3.63, 3.8) is 0 Å². The van der Waals surface area contributed by atoms with E-state index in [-0.39, 0.29) is 0 Å². The van der Waals surface area contributed by atoms with Crippen LogP contribution >= 0.6 is 0 Å². The summed E-state index contributed by atoms with van der Waals surface area (Å²) in [5, 5.41) is 0. The highest BCUT2D eigenvalue weighted by molar-refractivity contribution is 5.01. The number of rotatable bonds is 0. The molecule has 0 aromatic rings. The van der Waals surface area contributed by atoms with Gasteiger partial charge in [-0.2, -0.15) is 0 Å². The standard InChI is InChI=1S/C14H24.C5H12/c1-9-10(2)12(4)14-8-6-5-7-13(14)11(9)3;1-5(2,3)4/h5-6,9-14H,7-8H2,1-4H3;1-4H3. The van der Waals surface area contributed by atoms with Crippen molar-refractivity contribution in [1.29, 1.82) is 0 Å². The van der Waals surface area contributed by atoms with Gasteiger partial charge in [0.25, 0.3) is 0 Å². The van der Waals surface area contributed by atoms with Gasteiger partial charge in [-0.25, -0.2) is 0 Å². The Balaban J connectivity index is 0.000000312. The third kappa shape index (κ3) is 4.65. The lowest BCUT2D eigenvalue weighted by Crippen LogP contribution is -2.42. The van der Waals surface area contributed by atoms with Gasteiger partial charge in [-0.1, -0.05) is 67.5 Å². The molecule has 0 aliphatic heterocycles. The van der Waals surface area contributed by atoms with E-state index in [1.165, 1.54) is 12.8 Å². The Hall–Kier alpha value is -0.260. The van der Waals surface area contributed by atoms with Crippen LogP contribution < -0.4 is 0 Å². The molecule has 6 unspecified atom stereocenters. The van der Waals surface area contributed by atoms with Gasteiger partial charge in [0.1, 0.15) is 0 Å². The minimum Gasteiger partial charge on any atom is -0.0882 e. The van der Waals surface area contributed by atoms with Gasteiger partial charge in [-0.3, -0.25) is 0 Å². The molecule has 19 heavy (non-hydrogen) atoms. The van der Waals surface area contributed by atoms with Crippen LogP contribution in [0, 0.1) is 40.9 Å². The van der Waals surface area contributed by atoms with Gasteiger partial charge in [0.05, 0.1) is 0 Å². The zero-order valence-electron chi connectivity index (χ0n) is 14.5. The Morgan fingerprint density at radius 2 is 0.895 bits per heavy atom. The van der Waals surface area contributed by atoms with Gasteiger partial charge in [0.15, 0.2) is 0 Å². The highest BCUT2D eigenvalue weighted by Gasteiger charge is 2.42. The van der Waals surface area contributed by atoms with Crippen molar-refractivity contribution in [3.8, 4) is 0 Å². The lowest BCUT2D eigenvalue weighted by Gasteiger charge is -2.49. The van der Waals surface area contributed by atoms with Crippen LogP contribution in [0.2, 0.25) is 0 Å². The first-order chi connectivity index (χ1) is 8.63. The number of fused-ring (bicyclic) bond motifs is 1. The molecule has 2 aliphatic carbocycles. The summed E-state index contributed by atoms with van der Waals surface area (Å²) < 4.78 is 0. The number of allylic oxidation sites excluding steroid dienone is 2. The summed E-state index contributed by atoms with van der Waals surface area (Å²) >= 11 is 0. The monoisotopic (exact) mass is 264 g/mol. The summed E-state index contributed by atoms with van der Waals surface area (Å²) in [5.74, 6) is 5.63. The Kier molecular flexibility index (Phi) is 5.71. The lowest BCUT2D eigenvalue weighted by atomic mass is 9.56. The summed E-state index contributed by atoms with van der Waals surface area (Å²) in [6.45, 7) is 18.6. The molecular weight excluding hydrogens is 228 g/mol. The van der Waals surface area contributed by atoms with Crippen LogP contribution in [0.1, 0.15) is 68.2 Å². The van der Waals surface area contributed by atoms with Crippen molar-refractivity contribution in [3.05, 3.63) is 12.2 Å². The third-order valence-electron chi connectivity index (χ3n) is 5.37. The molecule has 1 saturated carbocycles. The minimum atomic E-state index is 0.500. The van der Waals surface area contributed by atoms with Crippen molar-refractivity contribution in [2.24, 2.45) is 40.9 Å². The van der Waals surface area contributed by atoms with Crippen LogP contribution in [-0.2, 0) is 0 Å². The molecule has 0 heterocycles. The normalized spacial score (nSPS) is 42.1. The van der Waals surface area contributed by atoms with Crippen LogP contribution in [0.25, 0.3) is 0 Å². The number of hydrogen-bond donors (Lipinski definition) is 0. The van der Waals surface area contributed by atoms with Crippen LogP contribution in [0.5, 0.6) is 0 Å². The quantitative estimate of drug-likeness (QED) is 0.458. The van der Waals surface area contributed by atoms with Crippen LogP contribution in [0.4, 0.5) is 0 Å². The van der Waals surface area contributed by atoms with Crippen molar-refractivity contribution in [2.45, 2.75) is 68.2 Å². The molecule has 6 atom stereocenters. The van der Waals surface area contributed by atoms with Gasteiger partial charge >= 0.3 is 0 Å². The van der Waals surface area contributed by atoms with E-state index in [1.807, 2.05) is 0 Å². The Morgan fingerprint density at radius 1 is 0.632 bits per heavy atom. The lowest BCUT2D eigenvalue weighted by molar-refractivity contribution is 0.0103. The fraction of sp³-hybridized carbons (Fsp3) is 0.895. The van der Waals surface area contributed by atoms with Gasteiger partial charge < -0.3 is 0 Å². The van der Waals surface area contributed by atoms with Gasteiger partial charge in [-0.05, 0) is 53.8 Å². The molecule has 0 heteroatoms. The van der Waals surface area contributed by atoms with E-state index in [1.54, 1.807) is 0 Å². The fourth-order valence-corrected chi connectivity index (χ4v) is 3.80. The van der Waals surface area contributed by atoms with E-state index in [4.69, 9.17) is 0 Å². The minimum absolute atomic E-state index is 0.500. The first kappa shape index (κ1) is 16.8. The largest absolute Gasteiger partial charge is 0.0882 e. The average Bonchev–Trinajstić information content (AvgIpc) is 2.32. The maximum absolute atomic E-state index is 2.48. The van der Waals surface area contributed by atoms with E-state index >= 15 is 0 Å². The van der Waals surface area contributed by atoms with E-state index in [0.29, 0.717) is 5.41 Å². The fourth-order valence-electron chi connectivity index (χ4n) is 3.80. The maximum Gasteiger partial charge on any atom is -0.0317 e. The second-order valence-corrected chi connectivity index (χ2v) is 8.71. The smallest absolute Gasteiger partial charge is 0.0317 e. The molecule has 0 radical (unpaired) electrons. The Labute approximate surface area is 122 Å². The second kappa shape index (κ2) is 6.46. The van der Waals surface area contributed by atoms with E-state index < -0.39 is 0 Å². The molecule has 0 saturated heterocycles. The summed E-state index contributed by atoms with van der Waals surface area (Å²) in [7, 11) is 0. The van der Waals surface area contributed by atoms with Crippen molar-refractivity contribution in [2.75, 3.05) is 0 Å². The van der Waals surface area contributed by atoms with Gasteiger partial charge in [0, 0.05) is 0 Å². The van der Waals surface area contributed by atoms with E-state index in [0.717, 1.165) is 35.5 Å². The van der Waals surface area contributed by atoms with Gasteiger partial charge in [0.2, 0.25) is 0 Å². The zero-order valence-corrected chi connectivity index (χ0v) is 14.5. The van der Waals surface area contributed by atoms with Crippen LogP contribution in [-0.4, -0.2) is 0 Å². The van der Waals surface area contributed by atoms with Gasteiger partial charge in [-0.15, -0.1) is 0 Å². The Bertz CT molecular complexity index is 264. The van der Waals surface area contributed by atoms with Crippen LogP contribution in [0.3, 0.4) is 0 Å². The molecule has 0 N–H and O–H groups in total. The highest BCUT2D eigenvalue weighted by atomic mass is 14.5. The molecule has 0 aromatic heterocycles. The third-order valence-corrected chi connectivity index (χ3v) is 5.37. The predicted octanol–water partition coefficient (Wildman–Crippen LogP) is 6.18. The first-order valence-corrected chi connectivity index (χ1v) is 8.28. The molecular formula is C19H36. The highest BCUT2D eigenvalue weighted by Crippen LogP contribution is 2.49. The summed E-state index contributed by atoms with van der Waals surface area (Å²) in [4.78, 5) is 0. The van der Waals surface area contributed by atoms with Crippen LogP contribution in [0.15, 0.2) is 12.2 Å². The average molecular weight is 264 g/mol. The summed E-state index contributed by atoms with van der Waals surface area (Å²) in [5.41, 5.74) is 0.500. The summed E-state index contributed by atoms with van der Waals surface area (Å²) in [6.07, 6.45) is 7.50. The summed E-state index contributed by atoms with van der Waals surface area (Å²) in [6, 6.07) is 0. The molecule has 0 spiro atoms. The zero-order chi connectivity index (χ0) is 14.8. The molecule has 2 rings (SSSR count). The van der Waals surface area contributed by atoms with E-state index in [2.05, 4.69) is 67.5 Å². The maximum atomic E-state index is 2.48. The molecule has 112 valence electrons. The molecule has 0 aromatic carbocycles. The van der Waals surface area contributed by atoms with Crippen molar-refractivity contribution < 1.29 is 0 Å². The van der Waals surface area contributed by atoms with E-state index in [9.17, 15) is 0 Å². The predicted molar refractivity (Wildman–Crippen MR) is 87.1 cm³/mol. The topological polar surface area (TPSA) is 0 Å². The molecule has 0 bridgehead atoms. The molecule has 1 fully saturated rings. The molecule has 2 aliphatic rings. The molecule has 0 amide bonds. The SMILES string of the molecule is CC(C)(C)C.CC1C(C)C(C)C2CC=CCC2C1C.